The first kappa shape index (κ1) is 14.0. The van der Waals surface area contributed by atoms with E-state index in [2.05, 4.69) is 15.6 Å². The van der Waals surface area contributed by atoms with Gasteiger partial charge in [0.2, 0.25) is 5.91 Å². The molecule has 5 heteroatoms. The number of rotatable bonds is 3. The number of hydrogen-bond donors (Lipinski definition) is 2. The number of aromatic nitrogens is 1. The maximum Gasteiger partial charge on any atom is 0.237 e. The maximum atomic E-state index is 12.4. The van der Waals surface area contributed by atoms with Gasteiger partial charge in [-0.05, 0) is 39.0 Å². The van der Waals surface area contributed by atoms with Crippen molar-refractivity contribution < 1.29 is 4.79 Å². The van der Waals surface area contributed by atoms with E-state index in [-0.39, 0.29) is 18.0 Å². The van der Waals surface area contributed by atoms with Gasteiger partial charge >= 0.3 is 0 Å². The van der Waals surface area contributed by atoms with Gasteiger partial charge in [0.15, 0.2) is 0 Å². The summed E-state index contributed by atoms with van der Waals surface area (Å²) in [6.45, 7) is 4.00. The van der Waals surface area contributed by atoms with Crippen LogP contribution in [0.1, 0.15) is 55.8 Å². The number of carbonyl (C=O) groups is 1. The molecule has 1 aliphatic carbocycles. The number of hydrogen-bond acceptors (Lipinski definition) is 4. The van der Waals surface area contributed by atoms with Gasteiger partial charge in [-0.15, -0.1) is 11.3 Å². The largest absolute Gasteiger partial charge is 0.346 e. The van der Waals surface area contributed by atoms with Crippen LogP contribution in [0.2, 0.25) is 0 Å². The van der Waals surface area contributed by atoms with Gasteiger partial charge in [-0.2, -0.15) is 0 Å². The Morgan fingerprint density at radius 2 is 2.30 bits per heavy atom. The van der Waals surface area contributed by atoms with Crippen molar-refractivity contribution in [1.82, 2.24) is 15.6 Å². The molecule has 2 N–H and O–H groups in total. The molecule has 3 rings (SSSR count). The van der Waals surface area contributed by atoms with Crippen molar-refractivity contribution in [2.45, 2.75) is 64.1 Å². The molecule has 2 heterocycles. The van der Waals surface area contributed by atoms with Crippen molar-refractivity contribution in [3.8, 4) is 0 Å². The van der Waals surface area contributed by atoms with Crippen molar-refractivity contribution in [1.29, 1.82) is 0 Å². The lowest BCUT2D eigenvalue weighted by atomic mass is 9.85. The summed E-state index contributed by atoms with van der Waals surface area (Å²) in [6, 6.07) is 0.564. The molecule has 110 valence electrons. The molecule has 4 nitrogen and oxygen atoms in total. The summed E-state index contributed by atoms with van der Waals surface area (Å²) in [6.07, 6.45) is 6.14. The van der Waals surface area contributed by atoms with Gasteiger partial charge < -0.3 is 10.6 Å². The topological polar surface area (TPSA) is 54.0 Å². The Bertz CT molecular complexity index is 473. The van der Waals surface area contributed by atoms with Crippen molar-refractivity contribution in [2.24, 2.45) is 5.92 Å². The van der Waals surface area contributed by atoms with Gasteiger partial charge in [-0.3, -0.25) is 4.79 Å². The molecule has 4 unspecified atom stereocenters. The Hall–Kier alpha value is -0.940. The van der Waals surface area contributed by atoms with Gasteiger partial charge in [0.05, 0.1) is 12.1 Å². The molecule has 0 bridgehead atoms. The molecule has 1 aromatic rings. The van der Waals surface area contributed by atoms with Crippen molar-refractivity contribution >= 4 is 17.2 Å². The number of amides is 1. The van der Waals surface area contributed by atoms with Crippen LogP contribution in [0, 0.1) is 12.8 Å². The summed E-state index contributed by atoms with van der Waals surface area (Å²) in [5, 5.41) is 9.65. The van der Waals surface area contributed by atoms with E-state index in [1.807, 2.05) is 19.2 Å². The number of thiazole rings is 1. The second-order valence-electron chi connectivity index (χ2n) is 6.16. The summed E-state index contributed by atoms with van der Waals surface area (Å²) in [5.74, 6) is 0.844. The molecule has 0 radical (unpaired) electrons. The van der Waals surface area contributed by atoms with Gasteiger partial charge in [0.25, 0.3) is 0 Å². The molecule has 4 atom stereocenters. The Morgan fingerprint density at radius 3 is 3.00 bits per heavy atom. The lowest BCUT2D eigenvalue weighted by Gasteiger charge is -2.24. The minimum atomic E-state index is -0.00777. The molecule has 2 fully saturated rings. The normalized spacial score (nSPS) is 30.8. The number of nitrogens with one attached hydrogen (secondary N) is 2. The molecule has 1 aromatic heterocycles. The van der Waals surface area contributed by atoms with Crippen molar-refractivity contribution in [3.63, 3.8) is 0 Å². The minimum Gasteiger partial charge on any atom is -0.346 e. The van der Waals surface area contributed by atoms with Gasteiger partial charge in [-0.1, -0.05) is 12.8 Å². The van der Waals surface area contributed by atoms with E-state index in [0.717, 1.165) is 17.1 Å². The summed E-state index contributed by atoms with van der Waals surface area (Å²) >= 11 is 1.62. The lowest BCUT2D eigenvalue weighted by molar-refractivity contribution is -0.123. The monoisotopic (exact) mass is 293 g/mol. The molecule has 1 saturated carbocycles. The first-order valence-corrected chi connectivity index (χ1v) is 8.50. The van der Waals surface area contributed by atoms with E-state index < -0.39 is 0 Å². The third-order valence-corrected chi connectivity index (χ3v) is 5.69. The van der Waals surface area contributed by atoms with Crippen molar-refractivity contribution in [2.75, 3.05) is 0 Å². The average molecular weight is 293 g/mol. The smallest absolute Gasteiger partial charge is 0.237 e. The molecule has 1 amide bonds. The van der Waals surface area contributed by atoms with Crippen molar-refractivity contribution in [3.05, 3.63) is 16.1 Å². The zero-order valence-electron chi connectivity index (χ0n) is 12.2. The number of carbonyl (C=O) groups excluding carboxylic acids is 1. The highest BCUT2D eigenvalue weighted by Crippen LogP contribution is 2.33. The first-order valence-electron chi connectivity index (χ1n) is 7.62. The molecule has 1 aliphatic heterocycles. The first-order chi connectivity index (χ1) is 9.63. The summed E-state index contributed by atoms with van der Waals surface area (Å²) < 4.78 is 0. The molecule has 20 heavy (non-hydrogen) atoms. The van der Waals surface area contributed by atoms with Gasteiger partial charge in [-0.25, -0.2) is 4.98 Å². The Balaban J connectivity index is 1.57. The molecule has 2 aliphatic rings. The van der Waals surface area contributed by atoms with E-state index in [4.69, 9.17) is 0 Å². The fourth-order valence-corrected chi connectivity index (χ4v) is 4.27. The number of nitrogens with zero attached hydrogens (tertiary/aromatic N) is 1. The summed E-state index contributed by atoms with van der Waals surface area (Å²) in [5.41, 5.74) is 1.02. The van der Waals surface area contributed by atoms with Crippen LogP contribution in [0.5, 0.6) is 0 Å². The van der Waals surface area contributed by atoms with Gasteiger partial charge in [0, 0.05) is 17.1 Å². The van der Waals surface area contributed by atoms with E-state index in [1.54, 1.807) is 11.3 Å². The Kier molecular flexibility index (Phi) is 4.08. The highest BCUT2D eigenvalue weighted by atomic mass is 32.1. The fraction of sp³-hybridized carbons (Fsp3) is 0.733. The number of fused-ring (bicyclic) bond motifs is 1. The Morgan fingerprint density at radius 1 is 1.50 bits per heavy atom. The van der Waals surface area contributed by atoms with Crippen LogP contribution >= 0.6 is 11.3 Å². The molecular formula is C15H23N3OS. The molecule has 1 saturated heterocycles. The predicted molar refractivity (Wildman–Crippen MR) is 80.7 cm³/mol. The molecule has 0 aromatic carbocycles. The summed E-state index contributed by atoms with van der Waals surface area (Å²) in [7, 11) is 0. The van der Waals surface area contributed by atoms with Crippen LogP contribution in [0.4, 0.5) is 0 Å². The quantitative estimate of drug-likeness (QED) is 0.900. The maximum absolute atomic E-state index is 12.4. The van der Waals surface area contributed by atoms with Gasteiger partial charge in [0.1, 0.15) is 5.01 Å². The second kappa shape index (κ2) is 5.82. The van der Waals surface area contributed by atoms with Crippen LogP contribution < -0.4 is 10.6 Å². The molecular weight excluding hydrogens is 270 g/mol. The van der Waals surface area contributed by atoms with Crippen LogP contribution in [0.3, 0.4) is 0 Å². The van der Waals surface area contributed by atoms with E-state index in [0.29, 0.717) is 12.0 Å². The van der Waals surface area contributed by atoms with Crippen LogP contribution in [-0.4, -0.2) is 23.0 Å². The predicted octanol–water partition coefficient (Wildman–Crippen LogP) is 2.55. The fourth-order valence-electron chi connectivity index (χ4n) is 3.47. The number of aryl methyl sites for hydroxylation is 1. The van der Waals surface area contributed by atoms with E-state index in [9.17, 15) is 4.79 Å². The highest BCUT2D eigenvalue weighted by Gasteiger charge is 2.38. The Labute approximate surface area is 124 Å². The molecule has 0 spiro atoms. The zero-order valence-corrected chi connectivity index (χ0v) is 13.0. The second-order valence-corrected chi connectivity index (χ2v) is 7.05. The highest BCUT2D eigenvalue weighted by molar-refractivity contribution is 7.09. The lowest BCUT2D eigenvalue weighted by Crippen LogP contribution is -2.43. The van der Waals surface area contributed by atoms with Crippen LogP contribution in [0.25, 0.3) is 0 Å². The zero-order chi connectivity index (χ0) is 14.1. The van der Waals surface area contributed by atoms with E-state index in [1.165, 1.54) is 25.7 Å². The standard InChI is InChI=1S/C15H23N3OS/c1-9-8-20-15(16-9)10(2)17-14(19)13-7-11-5-3-4-6-12(11)18-13/h8,10-13,18H,3-7H2,1-2H3,(H,17,19). The summed E-state index contributed by atoms with van der Waals surface area (Å²) in [4.78, 5) is 16.8. The minimum absolute atomic E-state index is 0.00521. The average Bonchev–Trinajstić information content (AvgIpc) is 3.04. The van der Waals surface area contributed by atoms with Crippen LogP contribution in [0.15, 0.2) is 5.38 Å². The third-order valence-electron chi connectivity index (χ3n) is 4.55. The third kappa shape index (κ3) is 2.88. The van der Waals surface area contributed by atoms with E-state index >= 15 is 0 Å². The SMILES string of the molecule is Cc1csc(C(C)NC(=O)C2CC3CCCCC3N2)n1. The van der Waals surface area contributed by atoms with Crippen LogP contribution in [-0.2, 0) is 4.79 Å².